The van der Waals surface area contributed by atoms with E-state index in [-0.39, 0.29) is 12.5 Å². The predicted molar refractivity (Wildman–Crippen MR) is 95.8 cm³/mol. The topological polar surface area (TPSA) is 65.1 Å². The predicted octanol–water partition coefficient (Wildman–Crippen LogP) is 3.26. The van der Waals surface area contributed by atoms with Gasteiger partial charge >= 0.3 is 0 Å². The fourth-order valence-corrected chi connectivity index (χ4v) is 2.72. The van der Waals surface area contributed by atoms with Crippen LogP contribution < -0.4 is 5.32 Å². The maximum atomic E-state index is 12.0. The highest BCUT2D eigenvalue weighted by molar-refractivity contribution is 5.80. The van der Waals surface area contributed by atoms with Gasteiger partial charge in [-0.15, -0.1) is 0 Å². The first-order valence-electron chi connectivity index (χ1n) is 8.19. The van der Waals surface area contributed by atoms with Gasteiger partial charge in [0, 0.05) is 24.7 Å². The van der Waals surface area contributed by atoms with Crippen molar-refractivity contribution in [2.45, 2.75) is 25.9 Å². The van der Waals surface area contributed by atoms with Crippen LogP contribution >= 0.6 is 0 Å². The molecule has 0 spiro atoms. The fraction of sp³-hybridized carbons (Fsp3) is 0.250. The molecule has 3 N–H and O–H groups in total. The Kier molecular flexibility index (Phi) is 4.96. The number of nitrogens with one attached hydrogen (secondary N) is 2. The molecule has 1 atom stereocenters. The number of H-pyrrole nitrogens is 1. The molecule has 0 radical (unpaired) electrons. The van der Waals surface area contributed by atoms with Crippen LogP contribution in [0.25, 0.3) is 10.9 Å². The number of fused-ring (bicyclic) bond motifs is 1. The summed E-state index contributed by atoms with van der Waals surface area (Å²) in [6, 6.07) is 15.9. The summed E-state index contributed by atoms with van der Waals surface area (Å²) in [6.07, 6.45) is 2.34. The van der Waals surface area contributed by atoms with Crippen molar-refractivity contribution >= 4 is 16.8 Å². The highest BCUT2D eigenvalue weighted by Gasteiger charge is 2.09. The number of rotatable bonds is 6. The Bertz CT molecular complexity index is 821. The lowest BCUT2D eigenvalue weighted by Crippen LogP contribution is -2.28. The van der Waals surface area contributed by atoms with Crippen molar-refractivity contribution in [2.75, 3.05) is 6.54 Å². The summed E-state index contributed by atoms with van der Waals surface area (Å²) in [4.78, 5) is 15.1. The number of hydrogen-bond acceptors (Lipinski definition) is 2. The third-order valence-electron chi connectivity index (χ3n) is 4.21. The van der Waals surface area contributed by atoms with Crippen molar-refractivity contribution in [1.82, 2.24) is 10.3 Å². The van der Waals surface area contributed by atoms with Gasteiger partial charge in [0.15, 0.2) is 0 Å². The number of aromatic nitrogens is 1. The van der Waals surface area contributed by atoms with Crippen LogP contribution in [0.5, 0.6) is 0 Å². The molecule has 124 valence electrons. The Morgan fingerprint density at radius 1 is 1.17 bits per heavy atom. The molecule has 4 heteroatoms. The normalized spacial score (nSPS) is 12.2. The molecule has 1 aromatic heterocycles. The van der Waals surface area contributed by atoms with Gasteiger partial charge in [0.05, 0.1) is 6.10 Å². The van der Waals surface area contributed by atoms with Gasteiger partial charge in [0.25, 0.3) is 0 Å². The van der Waals surface area contributed by atoms with Crippen molar-refractivity contribution in [3.63, 3.8) is 0 Å². The molecule has 3 aromatic rings. The number of benzene rings is 2. The lowest BCUT2D eigenvalue weighted by molar-refractivity contribution is -0.121. The van der Waals surface area contributed by atoms with Crippen molar-refractivity contribution in [2.24, 2.45) is 0 Å². The smallest absolute Gasteiger partial charge is 0.220 e. The highest BCUT2D eigenvalue weighted by Crippen LogP contribution is 2.16. The van der Waals surface area contributed by atoms with E-state index in [1.54, 1.807) is 0 Å². The van der Waals surface area contributed by atoms with Gasteiger partial charge in [-0.2, -0.15) is 0 Å². The van der Waals surface area contributed by atoms with Gasteiger partial charge < -0.3 is 15.4 Å². The molecule has 1 amide bonds. The van der Waals surface area contributed by atoms with Crippen molar-refractivity contribution in [3.05, 3.63) is 71.4 Å². The van der Waals surface area contributed by atoms with Crippen LogP contribution in [-0.4, -0.2) is 22.5 Å². The summed E-state index contributed by atoms with van der Waals surface area (Å²) >= 11 is 0. The van der Waals surface area contributed by atoms with E-state index in [9.17, 15) is 9.90 Å². The summed E-state index contributed by atoms with van der Waals surface area (Å²) in [5.74, 6) is -0.0460. The van der Waals surface area contributed by atoms with E-state index in [0.717, 1.165) is 27.6 Å². The number of amides is 1. The number of carbonyl (C=O) groups excluding carboxylic acids is 1. The van der Waals surface area contributed by atoms with Gasteiger partial charge in [-0.25, -0.2) is 0 Å². The van der Waals surface area contributed by atoms with E-state index >= 15 is 0 Å². The molecule has 0 aliphatic carbocycles. The molecule has 2 aromatic carbocycles. The Morgan fingerprint density at radius 3 is 2.75 bits per heavy atom. The molecule has 0 aliphatic rings. The molecule has 0 aliphatic heterocycles. The fourth-order valence-electron chi connectivity index (χ4n) is 2.72. The van der Waals surface area contributed by atoms with E-state index in [0.29, 0.717) is 12.8 Å². The molecule has 1 unspecified atom stereocenters. The molecule has 24 heavy (non-hydrogen) atoms. The largest absolute Gasteiger partial charge is 0.387 e. The minimum absolute atomic E-state index is 0.0460. The molecule has 4 nitrogen and oxygen atoms in total. The summed E-state index contributed by atoms with van der Waals surface area (Å²) in [7, 11) is 0. The summed E-state index contributed by atoms with van der Waals surface area (Å²) < 4.78 is 0. The van der Waals surface area contributed by atoms with Gasteiger partial charge in [-0.1, -0.05) is 35.9 Å². The molecule has 0 fully saturated rings. The Morgan fingerprint density at radius 2 is 1.96 bits per heavy atom. The van der Waals surface area contributed by atoms with Gasteiger partial charge in [0.2, 0.25) is 5.91 Å². The highest BCUT2D eigenvalue weighted by atomic mass is 16.3. The second-order valence-electron chi connectivity index (χ2n) is 6.13. The zero-order chi connectivity index (χ0) is 16.9. The molecule has 1 heterocycles. The second kappa shape index (κ2) is 7.32. The van der Waals surface area contributed by atoms with E-state index in [2.05, 4.69) is 16.4 Å². The monoisotopic (exact) mass is 322 g/mol. The lowest BCUT2D eigenvalue weighted by atomic mass is 10.1. The molecular weight excluding hydrogens is 300 g/mol. The van der Waals surface area contributed by atoms with Crippen LogP contribution in [0, 0.1) is 6.92 Å². The van der Waals surface area contributed by atoms with Crippen molar-refractivity contribution in [3.8, 4) is 0 Å². The van der Waals surface area contributed by atoms with Crippen LogP contribution in [0.1, 0.15) is 29.2 Å². The minimum Gasteiger partial charge on any atom is -0.387 e. The number of aryl methyl sites for hydroxylation is 2. The molecule has 0 saturated carbocycles. The van der Waals surface area contributed by atoms with Crippen LogP contribution in [0.15, 0.2) is 54.7 Å². The Balaban J connectivity index is 1.47. The summed E-state index contributed by atoms with van der Waals surface area (Å²) in [5.41, 5.74) is 4.20. The SMILES string of the molecule is Cc1ccc(C(O)CNC(=O)CCc2ccc3[nH]ccc3c2)cc1. The third kappa shape index (κ3) is 4.03. The average Bonchev–Trinajstić information content (AvgIpc) is 3.06. The van der Waals surface area contributed by atoms with Crippen LogP contribution in [0.3, 0.4) is 0 Å². The Labute approximate surface area is 141 Å². The first-order valence-corrected chi connectivity index (χ1v) is 8.19. The quantitative estimate of drug-likeness (QED) is 0.652. The summed E-state index contributed by atoms with van der Waals surface area (Å²) in [6.45, 7) is 2.24. The number of carbonyl (C=O) groups is 1. The molecular formula is C20H22N2O2. The zero-order valence-corrected chi connectivity index (χ0v) is 13.8. The van der Waals surface area contributed by atoms with E-state index in [1.165, 1.54) is 0 Å². The van der Waals surface area contributed by atoms with Crippen molar-refractivity contribution in [1.29, 1.82) is 0 Å². The molecule has 3 rings (SSSR count). The standard InChI is InChI=1S/C20H22N2O2/c1-14-2-6-16(7-3-14)19(23)13-22-20(24)9-5-15-4-8-18-17(12-15)10-11-21-18/h2-4,6-8,10-12,19,21,23H,5,9,13H2,1H3,(H,22,24). The van der Waals surface area contributed by atoms with E-state index in [4.69, 9.17) is 0 Å². The number of aliphatic hydroxyl groups is 1. The van der Waals surface area contributed by atoms with E-state index < -0.39 is 6.10 Å². The maximum absolute atomic E-state index is 12.0. The van der Waals surface area contributed by atoms with Gasteiger partial charge in [-0.05, 0) is 48.1 Å². The van der Waals surface area contributed by atoms with Crippen molar-refractivity contribution < 1.29 is 9.90 Å². The first kappa shape index (κ1) is 16.3. The zero-order valence-electron chi connectivity index (χ0n) is 13.8. The Hall–Kier alpha value is -2.59. The molecule has 0 bridgehead atoms. The van der Waals surface area contributed by atoms with Crippen LogP contribution in [-0.2, 0) is 11.2 Å². The minimum atomic E-state index is -0.675. The first-order chi connectivity index (χ1) is 11.6. The number of aromatic amines is 1. The van der Waals surface area contributed by atoms with Crippen LogP contribution in [0.4, 0.5) is 0 Å². The van der Waals surface area contributed by atoms with Gasteiger partial charge in [-0.3, -0.25) is 4.79 Å². The van der Waals surface area contributed by atoms with E-state index in [1.807, 2.05) is 55.6 Å². The second-order valence-corrected chi connectivity index (χ2v) is 6.13. The lowest BCUT2D eigenvalue weighted by Gasteiger charge is -2.12. The molecule has 0 saturated heterocycles. The third-order valence-corrected chi connectivity index (χ3v) is 4.21. The number of hydrogen-bond donors (Lipinski definition) is 3. The van der Waals surface area contributed by atoms with Crippen LogP contribution in [0.2, 0.25) is 0 Å². The average molecular weight is 322 g/mol. The number of aliphatic hydroxyl groups excluding tert-OH is 1. The maximum Gasteiger partial charge on any atom is 0.220 e. The van der Waals surface area contributed by atoms with Gasteiger partial charge in [0.1, 0.15) is 0 Å². The summed E-state index contributed by atoms with van der Waals surface area (Å²) in [5, 5.41) is 14.1.